The fourth-order valence-corrected chi connectivity index (χ4v) is 4.27. The first kappa shape index (κ1) is 18.7. The summed E-state index contributed by atoms with van der Waals surface area (Å²) < 4.78 is 31.8. The Labute approximate surface area is 144 Å². The molecule has 0 unspecified atom stereocenters. The third-order valence-corrected chi connectivity index (χ3v) is 5.94. The van der Waals surface area contributed by atoms with Gasteiger partial charge >= 0.3 is 0 Å². The maximum Gasteiger partial charge on any atom is 0.258 e. The van der Waals surface area contributed by atoms with Crippen molar-refractivity contribution in [1.82, 2.24) is 9.62 Å². The molecule has 24 heavy (non-hydrogen) atoms. The van der Waals surface area contributed by atoms with E-state index in [9.17, 15) is 13.2 Å². The van der Waals surface area contributed by atoms with Gasteiger partial charge in [0.05, 0.1) is 4.90 Å². The number of carbonyl (C=O) groups is 1. The molecule has 2 rings (SSSR count). The molecular weight excluding hydrogens is 328 g/mol. The number of rotatable bonds is 8. The third kappa shape index (κ3) is 4.95. The van der Waals surface area contributed by atoms with Crippen LogP contribution in [0.25, 0.3) is 0 Å². The van der Waals surface area contributed by atoms with Crippen molar-refractivity contribution in [3.63, 3.8) is 0 Å². The van der Waals surface area contributed by atoms with Crippen LogP contribution >= 0.6 is 0 Å². The molecule has 1 saturated heterocycles. The summed E-state index contributed by atoms with van der Waals surface area (Å²) in [5.41, 5.74) is 0. The Kier molecular flexibility index (Phi) is 6.62. The molecule has 6 nitrogen and oxygen atoms in total. The molecule has 0 aromatic heterocycles. The van der Waals surface area contributed by atoms with E-state index in [2.05, 4.69) is 12.2 Å². The van der Waals surface area contributed by atoms with Gasteiger partial charge in [0.1, 0.15) is 5.75 Å². The van der Waals surface area contributed by atoms with Crippen LogP contribution < -0.4 is 10.1 Å². The number of amides is 1. The summed E-state index contributed by atoms with van der Waals surface area (Å²) in [6.45, 7) is 5.11. The maximum atomic E-state index is 12.4. The van der Waals surface area contributed by atoms with E-state index in [1.165, 1.54) is 16.4 Å². The van der Waals surface area contributed by atoms with Gasteiger partial charge in [0.25, 0.3) is 5.91 Å². The number of carbonyl (C=O) groups excluding carboxylic acids is 1. The molecule has 0 radical (unpaired) electrons. The van der Waals surface area contributed by atoms with Crippen molar-refractivity contribution in [3.8, 4) is 5.75 Å². The van der Waals surface area contributed by atoms with Crippen molar-refractivity contribution in [2.75, 3.05) is 19.7 Å². The molecule has 1 fully saturated rings. The van der Waals surface area contributed by atoms with E-state index in [4.69, 9.17) is 4.74 Å². The van der Waals surface area contributed by atoms with Crippen molar-refractivity contribution in [3.05, 3.63) is 24.3 Å². The molecule has 0 aliphatic carbocycles. The summed E-state index contributed by atoms with van der Waals surface area (Å²) in [4.78, 5) is 12.0. The summed E-state index contributed by atoms with van der Waals surface area (Å²) >= 11 is 0. The summed E-state index contributed by atoms with van der Waals surface area (Å²) in [5, 5.41) is 2.86. The Balaban J connectivity index is 1.89. The zero-order valence-corrected chi connectivity index (χ0v) is 15.1. The maximum absolute atomic E-state index is 12.4. The summed E-state index contributed by atoms with van der Waals surface area (Å²) in [6.07, 6.45) is 3.75. The summed E-state index contributed by atoms with van der Waals surface area (Å²) in [5.74, 6) is 0.304. The zero-order valence-electron chi connectivity index (χ0n) is 14.3. The molecule has 0 bridgehead atoms. The molecule has 1 aliphatic rings. The first-order valence-electron chi connectivity index (χ1n) is 8.46. The van der Waals surface area contributed by atoms with Crippen molar-refractivity contribution in [1.29, 1.82) is 0 Å². The molecule has 0 saturated carbocycles. The lowest BCUT2D eigenvalue weighted by Crippen LogP contribution is -2.35. The number of hydrogen-bond acceptors (Lipinski definition) is 4. The predicted octanol–water partition coefficient (Wildman–Crippen LogP) is 2.15. The standard InChI is InChI=1S/C17H26N2O4S/c1-3-6-14(2)18-17(20)13-23-15-7-9-16(10-8-15)24(21,22)19-11-4-5-12-19/h7-10,14H,3-6,11-13H2,1-2H3,(H,18,20)/t14-/m0/s1. The van der Waals surface area contributed by atoms with E-state index in [1.54, 1.807) is 12.1 Å². The quantitative estimate of drug-likeness (QED) is 0.776. The lowest BCUT2D eigenvalue weighted by molar-refractivity contribution is -0.123. The van der Waals surface area contributed by atoms with Crippen LogP contribution in [0.2, 0.25) is 0 Å². The molecular formula is C17H26N2O4S. The van der Waals surface area contributed by atoms with Crippen LogP contribution in [0.3, 0.4) is 0 Å². The molecule has 0 spiro atoms. The second-order valence-electron chi connectivity index (χ2n) is 6.13. The van der Waals surface area contributed by atoms with Crippen molar-refractivity contribution in [2.24, 2.45) is 0 Å². The monoisotopic (exact) mass is 354 g/mol. The van der Waals surface area contributed by atoms with Gasteiger partial charge in [-0.2, -0.15) is 4.31 Å². The van der Waals surface area contributed by atoms with Crippen LogP contribution in [0.15, 0.2) is 29.2 Å². The highest BCUT2D eigenvalue weighted by molar-refractivity contribution is 7.89. The number of nitrogens with one attached hydrogen (secondary N) is 1. The van der Waals surface area contributed by atoms with Crippen LogP contribution in [0.4, 0.5) is 0 Å². The predicted molar refractivity (Wildman–Crippen MR) is 92.4 cm³/mol. The van der Waals surface area contributed by atoms with Gasteiger partial charge in [-0.25, -0.2) is 8.42 Å². The first-order chi connectivity index (χ1) is 11.4. The van der Waals surface area contributed by atoms with E-state index < -0.39 is 10.0 Å². The van der Waals surface area contributed by atoms with Gasteiger partial charge in [-0.3, -0.25) is 4.79 Å². The number of sulfonamides is 1. The normalized spacial score (nSPS) is 16.8. The minimum absolute atomic E-state index is 0.0771. The van der Waals surface area contributed by atoms with E-state index in [-0.39, 0.29) is 23.5 Å². The molecule has 1 aromatic carbocycles. The highest BCUT2D eigenvalue weighted by Gasteiger charge is 2.26. The molecule has 1 aliphatic heterocycles. The molecule has 1 amide bonds. The van der Waals surface area contributed by atoms with E-state index >= 15 is 0 Å². The van der Waals surface area contributed by atoms with Crippen LogP contribution in [0.1, 0.15) is 39.5 Å². The minimum atomic E-state index is -3.41. The van der Waals surface area contributed by atoms with Gasteiger partial charge in [-0.1, -0.05) is 13.3 Å². The Morgan fingerprint density at radius 2 is 1.88 bits per heavy atom. The van der Waals surface area contributed by atoms with Crippen LogP contribution in [0, 0.1) is 0 Å². The zero-order chi connectivity index (χ0) is 17.6. The van der Waals surface area contributed by atoms with Crippen LogP contribution in [-0.2, 0) is 14.8 Å². The summed E-state index contributed by atoms with van der Waals surface area (Å²) in [6, 6.07) is 6.36. The molecule has 7 heteroatoms. The number of nitrogens with zero attached hydrogens (tertiary/aromatic N) is 1. The molecule has 1 aromatic rings. The van der Waals surface area contributed by atoms with Crippen LogP contribution in [-0.4, -0.2) is 44.4 Å². The highest BCUT2D eigenvalue weighted by atomic mass is 32.2. The number of ether oxygens (including phenoxy) is 1. The molecule has 134 valence electrons. The van der Waals surface area contributed by atoms with E-state index in [0.717, 1.165) is 25.7 Å². The summed E-state index contributed by atoms with van der Waals surface area (Å²) in [7, 11) is -3.41. The Hall–Kier alpha value is -1.60. The van der Waals surface area contributed by atoms with Gasteiger partial charge in [-0.15, -0.1) is 0 Å². The highest BCUT2D eigenvalue weighted by Crippen LogP contribution is 2.22. The smallest absolute Gasteiger partial charge is 0.258 e. The molecule has 1 atom stereocenters. The van der Waals surface area contributed by atoms with E-state index in [1.807, 2.05) is 6.92 Å². The largest absolute Gasteiger partial charge is 0.484 e. The third-order valence-electron chi connectivity index (χ3n) is 4.03. The lowest BCUT2D eigenvalue weighted by Gasteiger charge is -2.16. The Bertz CT molecular complexity index is 637. The topological polar surface area (TPSA) is 75.7 Å². The average Bonchev–Trinajstić information content (AvgIpc) is 3.09. The first-order valence-corrected chi connectivity index (χ1v) is 9.90. The second kappa shape index (κ2) is 8.48. The number of benzene rings is 1. The van der Waals surface area contributed by atoms with Gasteiger partial charge in [0.15, 0.2) is 6.61 Å². The SMILES string of the molecule is CCC[C@H](C)NC(=O)COc1ccc(S(=O)(=O)N2CCCC2)cc1. The van der Waals surface area contributed by atoms with Gasteiger partial charge in [-0.05, 0) is 50.5 Å². The fraction of sp³-hybridized carbons (Fsp3) is 0.588. The lowest BCUT2D eigenvalue weighted by atomic mass is 10.2. The Morgan fingerprint density at radius 3 is 2.46 bits per heavy atom. The molecule has 1 heterocycles. The van der Waals surface area contributed by atoms with Gasteiger partial charge in [0.2, 0.25) is 10.0 Å². The van der Waals surface area contributed by atoms with Crippen molar-refractivity contribution in [2.45, 2.75) is 50.5 Å². The fourth-order valence-electron chi connectivity index (χ4n) is 2.76. The van der Waals surface area contributed by atoms with Gasteiger partial charge < -0.3 is 10.1 Å². The average molecular weight is 354 g/mol. The Morgan fingerprint density at radius 1 is 1.25 bits per heavy atom. The minimum Gasteiger partial charge on any atom is -0.484 e. The van der Waals surface area contributed by atoms with Crippen molar-refractivity contribution < 1.29 is 17.9 Å². The van der Waals surface area contributed by atoms with Crippen LogP contribution in [0.5, 0.6) is 5.75 Å². The van der Waals surface area contributed by atoms with Crippen molar-refractivity contribution >= 4 is 15.9 Å². The van der Waals surface area contributed by atoms with Gasteiger partial charge in [0, 0.05) is 19.1 Å². The number of hydrogen-bond donors (Lipinski definition) is 1. The van der Waals surface area contributed by atoms with E-state index in [0.29, 0.717) is 18.8 Å². The second-order valence-corrected chi connectivity index (χ2v) is 8.07. The molecule has 1 N–H and O–H groups in total.